The Morgan fingerprint density at radius 1 is 1.50 bits per heavy atom. The van der Waals surface area contributed by atoms with Gasteiger partial charge in [0.25, 0.3) is 0 Å². The van der Waals surface area contributed by atoms with Crippen molar-refractivity contribution in [2.45, 2.75) is 19.2 Å². The van der Waals surface area contributed by atoms with Gasteiger partial charge in [0.2, 0.25) is 0 Å². The van der Waals surface area contributed by atoms with Crippen molar-refractivity contribution in [1.29, 1.82) is 0 Å². The van der Waals surface area contributed by atoms with E-state index in [4.69, 9.17) is 0 Å². The van der Waals surface area contributed by atoms with Crippen LogP contribution in [0.25, 0.3) is 11.0 Å². The third-order valence-electron chi connectivity index (χ3n) is 2.25. The number of hydrogen-bond acceptors (Lipinski definition) is 2. The molecule has 0 saturated carbocycles. The van der Waals surface area contributed by atoms with Crippen LogP contribution in [-0.2, 0) is 12.3 Å². The Bertz CT molecular complexity index is 464. The molecule has 1 heterocycles. The van der Waals surface area contributed by atoms with Crippen LogP contribution in [0.5, 0.6) is 0 Å². The van der Waals surface area contributed by atoms with Gasteiger partial charge in [-0.3, -0.25) is 0 Å². The molecule has 0 spiro atoms. The maximum Gasteiger partial charge on any atom is 0.125 e. The minimum absolute atomic E-state index is 0.246. The molecule has 2 nitrogen and oxygen atoms in total. The Hall–Kier alpha value is -1.03. The zero-order valence-corrected chi connectivity index (χ0v) is 8.76. The van der Waals surface area contributed by atoms with Crippen molar-refractivity contribution in [3.8, 4) is 0 Å². The van der Waals surface area contributed by atoms with Gasteiger partial charge in [-0.15, -0.1) is 0 Å². The lowest BCUT2D eigenvalue weighted by Gasteiger charge is -2.02. The van der Waals surface area contributed by atoms with E-state index in [0.29, 0.717) is 11.3 Å². The Morgan fingerprint density at radius 3 is 2.93 bits per heavy atom. The molecule has 1 aromatic heterocycles. The van der Waals surface area contributed by atoms with Crippen molar-refractivity contribution >= 4 is 23.7 Å². The molecule has 2 aromatic rings. The molecule has 74 valence electrons. The normalized spacial score (nSPS) is 11.1. The molecule has 1 aromatic carbocycles. The molecule has 2 rings (SSSR count). The average molecular weight is 210 g/mol. The first-order chi connectivity index (χ1) is 6.76. The molecule has 0 bridgehead atoms. The van der Waals surface area contributed by atoms with Crippen LogP contribution in [0, 0.1) is 5.82 Å². The maximum absolute atomic E-state index is 12.9. The highest BCUT2D eigenvalue weighted by Gasteiger charge is 2.08. The first-order valence-corrected chi connectivity index (χ1v) is 5.15. The summed E-state index contributed by atoms with van der Waals surface area (Å²) < 4.78 is 15.0. The molecule has 0 fully saturated rings. The van der Waals surface area contributed by atoms with Crippen LogP contribution in [0.15, 0.2) is 18.2 Å². The zero-order chi connectivity index (χ0) is 10.1. The number of rotatable bonds is 2. The molecule has 0 aliphatic carbocycles. The molecule has 0 radical (unpaired) electrons. The summed E-state index contributed by atoms with van der Waals surface area (Å²) in [6.07, 6.45) is 0. The van der Waals surface area contributed by atoms with E-state index in [1.165, 1.54) is 12.1 Å². The SMILES string of the molecule is CCn1c(CS)nc2cc(F)ccc21. The van der Waals surface area contributed by atoms with Crippen LogP contribution in [-0.4, -0.2) is 9.55 Å². The third kappa shape index (κ3) is 1.39. The number of aromatic nitrogens is 2. The summed E-state index contributed by atoms with van der Waals surface area (Å²) in [6, 6.07) is 4.67. The number of imidazole rings is 1. The second-order valence-corrected chi connectivity index (χ2v) is 3.38. The van der Waals surface area contributed by atoms with E-state index in [2.05, 4.69) is 17.6 Å². The van der Waals surface area contributed by atoms with E-state index in [-0.39, 0.29) is 5.82 Å². The van der Waals surface area contributed by atoms with Crippen molar-refractivity contribution in [3.63, 3.8) is 0 Å². The van der Waals surface area contributed by atoms with Gasteiger partial charge in [0.1, 0.15) is 11.6 Å². The predicted molar refractivity (Wildman–Crippen MR) is 58.1 cm³/mol. The van der Waals surface area contributed by atoms with Crippen molar-refractivity contribution in [3.05, 3.63) is 29.8 Å². The molecule has 0 amide bonds. The summed E-state index contributed by atoms with van der Waals surface area (Å²) in [6.45, 7) is 2.87. The van der Waals surface area contributed by atoms with E-state index in [9.17, 15) is 4.39 Å². The zero-order valence-electron chi connectivity index (χ0n) is 7.87. The molecule has 14 heavy (non-hydrogen) atoms. The van der Waals surface area contributed by atoms with Gasteiger partial charge in [-0.2, -0.15) is 12.6 Å². The largest absolute Gasteiger partial charge is 0.328 e. The summed E-state index contributed by atoms with van der Waals surface area (Å²) >= 11 is 4.19. The summed E-state index contributed by atoms with van der Waals surface area (Å²) in [5, 5.41) is 0. The van der Waals surface area contributed by atoms with Gasteiger partial charge in [0.15, 0.2) is 0 Å². The standard InChI is InChI=1S/C10H11FN2S/c1-2-13-9-4-3-7(11)5-8(9)12-10(13)6-14/h3-5,14H,2,6H2,1H3. The Kier molecular flexibility index (Phi) is 2.46. The van der Waals surface area contributed by atoms with E-state index >= 15 is 0 Å². The topological polar surface area (TPSA) is 17.8 Å². The van der Waals surface area contributed by atoms with Crippen LogP contribution in [0.3, 0.4) is 0 Å². The van der Waals surface area contributed by atoms with E-state index in [0.717, 1.165) is 17.9 Å². The summed E-state index contributed by atoms with van der Waals surface area (Å²) in [5.41, 5.74) is 1.67. The Balaban J connectivity index is 2.73. The highest BCUT2D eigenvalue weighted by Crippen LogP contribution is 2.18. The van der Waals surface area contributed by atoms with E-state index in [1.807, 2.05) is 11.5 Å². The molecule has 0 aliphatic rings. The molecule has 4 heteroatoms. The fraction of sp³-hybridized carbons (Fsp3) is 0.300. The van der Waals surface area contributed by atoms with E-state index in [1.54, 1.807) is 6.07 Å². The van der Waals surface area contributed by atoms with Crippen molar-refractivity contribution in [2.75, 3.05) is 0 Å². The number of benzene rings is 1. The molecule has 0 aliphatic heterocycles. The van der Waals surface area contributed by atoms with Crippen molar-refractivity contribution in [1.82, 2.24) is 9.55 Å². The fourth-order valence-corrected chi connectivity index (χ4v) is 1.87. The molecule has 0 N–H and O–H groups in total. The number of halogens is 1. The lowest BCUT2D eigenvalue weighted by atomic mass is 10.3. The van der Waals surface area contributed by atoms with Crippen LogP contribution in [0.4, 0.5) is 4.39 Å². The third-order valence-corrected chi connectivity index (χ3v) is 2.53. The summed E-state index contributed by atoms with van der Waals surface area (Å²) in [4.78, 5) is 4.31. The minimum Gasteiger partial charge on any atom is -0.328 e. The monoisotopic (exact) mass is 210 g/mol. The van der Waals surface area contributed by atoms with Gasteiger partial charge >= 0.3 is 0 Å². The quantitative estimate of drug-likeness (QED) is 0.754. The maximum atomic E-state index is 12.9. The first kappa shape index (κ1) is 9.52. The van der Waals surface area contributed by atoms with Crippen molar-refractivity contribution in [2.24, 2.45) is 0 Å². The summed E-state index contributed by atoms with van der Waals surface area (Å²) in [5.74, 6) is 1.21. The minimum atomic E-state index is -0.246. The fourth-order valence-electron chi connectivity index (χ4n) is 1.63. The molecule has 0 saturated heterocycles. The van der Waals surface area contributed by atoms with Crippen LogP contribution >= 0.6 is 12.6 Å². The number of fused-ring (bicyclic) bond motifs is 1. The average Bonchev–Trinajstić information content (AvgIpc) is 2.54. The van der Waals surface area contributed by atoms with E-state index < -0.39 is 0 Å². The number of nitrogens with zero attached hydrogens (tertiary/aromatic N) is 2. The molecular formula is C10H11FN2S. The Labute approximate surface area is 87.2 Å². The lowest BCUT2D eigenvalue weighted by Crippen LogP contribution is -1.98. The van der Waals surface area contributed by atoms with Gasteiger partial charge in [-0.25, -0.2) is 9.37 Å². The number of hydrogen-bond donors (Lipinski definition) is 1. The van der Waals surface area contributed by atoms with Crippen LogP contribution in [0.1, 0.15) is 12.7 Å². The highest BCUT2D eigenvalue weighted by atomic mass is 32.1. The van der Waals surface area contributed by atoms with Gasteiger partial charge < -0.3 is 4.57 Å². The van der Waals surface area contributed by atoms with Crippen LogP contribution in [0.2, 0.25) is 0 Å². The number of aryl methyl sites for hydroxylation is 1. The lowest BCUT2D eigenvalue weighted by molar-refractivity contribution is 0.629. The van der Waals surface area contributed by atoms with Gasteiger partial charge in [0, 0.05) is 18.4 Å². The van der Waals surface area contributed by atoms with Gasteiger partial charge in [-0.05, 0) is 19.1 Å². The van der Waals surface area contributed by atoms with Gasteiger partial charge in [0.05, 0.1) is 11.0 Å². The highest BCUT2D eigenvalue weighted by molar-refractivity contribution is 7.79. The van der Waals surface area contributed by atoms with Gasteiger partial charge in [-0.1, -0.05) is 0 Å². The molecular weight excluding hydrogens is 199 g/mol. The first-order valence-electron chi connectivity index (χ1n) is 4.51. The number of thiol groups is 1. The smallest absolute Gasteiger partial charge is 0.125 e. The van der Waals surface area contributed by atoms with Crippen molar-refractivity contribution < 1.29 is 4.39 Å². The predicted octanol–water partition coefficient (Wildman–Crippen LogP) is 2.63. The molecule has 0 atom stereocenters. The second kappa shape index (κ2) is 3.61. The molecule has 0 unspecified atom stereocenters. The second-order valence-electron chi connectivity index (χ2n) is 3.06. The van der Waals surface area contributed by atoms with Crippen LogP contribution < -0.4 is 0 Å². The summed E-state index contributed by atoms with van der Waals surface area (Å²) in [7, 11) is 0. The Morgan fingerprint density at radius 2 is 2.29 bits per heavy atom.